The topological polar surface area (TPSA) is 67.9 Å². The second kappa shape index (κ2) is 7.89. The summed E-state index contributed by atoms with van der Waals surface area (Å²) >= 11 is 0. The average Bonchev–Trinajstić information content (AvgIpc) is 3.12. The van der Waals surface area contributed by atoms with Gasteiger partial charge in [-0.25, -0.2) is 4.79 Å². The third kappa shape index (κ3) is 3.44. The van der Waals surface area contributed by atoms with Crippen molar-refractivity contribution < 1.29 is 13.9 Å². The summed E-state index contributed by atoms with van der Waals surface area (Å²) in [6.45, 7) is 3.12. The molecule has 3 heterocycles. The van der Waals surface area contributed by atoms with Gasteiger partial charge in [-0.05, 0) is 43.5 Å². The summed E-state index contributed by atoms with van der Waals surface area (Å²) in [5, 5.41) is 0. The highest BCUT2D eigenvalue weighted by atomic mass is 16.5. The first-order chi connectivity index (χ1) is 14.7. The minimum Gasteiger partial charge on any atom is -0.477 e. The zero-order valence-corrected chi connectivity index (χ0v) is 16.8. The molecule has 0 N–H and O–H groups in total. The van der Waals surface area contributed by atoms with Crippen LogP contribution in [-0.2, 0) is 11.3 Å². The molecule has 1 fully saturated rings. The first kappa shape index (κ1) is 18.8. The van der Waals surface area contributed by atoms with Crippen LogP contribution in [0.25, 0.3) is 11.1 Å². The quantitative estimate of drug-likeness (QED) is 0.665. The smallest absolute Gasteiger partial charge is 0.420 e. The van der Waals surface area contributed by atoms with E-state index in [0.29, 0.717) is 31.0 Å². The molecule has 7 heteroatoms. The number of para-hydroxylation sites is 4. The molecule has 1 aromatic heterocycles. The van der Waals surface area contributed by atoms with E-state index in [9.17, 15) is 9.59 Å². The number of likely N-dealkylation sites (tertiary alicyclic amines) is 1. The summed E-state index contributed by atoms with van der Waals surface area (Å²) in [6, 6.07) is 15.2. The number of aromatic nitrogens is 1. The maximum absolute atomic E-state index is 13.1. The van der Waals surface area contributed by atoms with Crippen LogP contribution in [0.2, 0.25) is 0 Å². The molecule has 1 saturated heterocycles. The monoisotopic (exact) mass is 407 g/mol. The molecule has 156 valence electrons. The predicted octanol–water partition coefficient (Wildman–Crippen LogP) is 2.87. The molecule has 1 amide bonds. The number of anilines is 1. The van der Waals surface area contributed by atoms with Crippen molar-refractivity contribution in [2.24, 2.45) is 0 Å². The van der Waals surface area contributed by atoms with E-state index in [-0.39, 0.29) is 11.7 Å². The Labute approximate surface area is 174 Å². The van der Waals surface area contributed by atoms with Crippen molar-refractivity contribution >= 4 is 22.7 Å². The van der Waals surface area contributed by atoms with Crippen LogP contribution in [0.15, 0.2) is 57.7 Å². The van der Waals surface area contributed by atoms with Gasteiger partial charge in [0.15, 0.2) is 11.7 Å². The predicted molar refractivity (Wildman–Crippen MR) is 114 cm³/mol. The van der Waals surface area contributed by atoms with Gasteiger partial charge in [0.05, 0.1) is 17.7 Å². The summed E-state index contributed by atoms with van der Waals surface area (Å²) in [4.78, 5) is 29.5. The van der Waals surface area contributed by atoms with Gasteiger partial charge in [0.1, 0.15) is 5.75 Å². The Hall–Kier alpha value is -3.22. The van der Waals surface area contributed by atoms with Crippen LogP contribution in [0.4, 0.5) is 5.69 Å². The number of rotatable bonds is 4. The molecule has 0 spiro atoms. The lowest BCUT2D eigenvalue weighted by molar-refractivity contribution is -0.139. The van der Waals surface area contributed by atoms with Crippen LogP contribution in [0, 0.1) is 0 Å². The molecule has 0 aliphatic carbocycles. The SMILES string of the molecule is O=C(C1CN(CCn2c(=O)oc3ccccc32)c2ccccc2O1)N1CCCCC1. The zero-order valence-electron chi connectivity index (χ0n) is 16.8. The number of hydrogen-bond acceptors (Lipinski definition) is 5. The van der Waals surface area contributed by atoms with Gasteiger partial charge in [0.25, 0.3) is 5.91 Å². The highest BCUT2D eigenvalue weighted by Gasteiger charge is 2.33. The van der Waals surface area contributed by atoms with Gasteiger partial charge in [0, 0.05) is 26.2 Å². The van der Waals surface area contributed by atoms with Crippen molar-refractivity contribution in [3.8, 4) is 5.75 Å². The summed E-state index contributed by atoms with van der Waals surface area (Å²) in [7, 11) is 0. The molecule has 5 rings (SSSR count). The number of oxazole rings is 1. The Bertz CT molecular complexity index is 1110. The van der Waals surface area contributed by atoms with Gasteiger partial charge in [-0.3, -0.25) is 9.36 Å². The Kier molecular flexibility index (Phi) is 4.94. The fourth-order valence-corrected chi connectivity index (χ4v) is 4.41. The van der Waals surface area contributed by atoms with Crippen LogP contribution >= 0.6 is 0 Å². The van der Waals surface area contributed by atoms with Gasteiger partial charge >= 0.3 is 5.76 Å². The molecule has 2 aliphatic rings. The average molecular weight is 407 g/mol. The first-order valence-corrected chi connectivity index (χ1v) is 10.6. The number of carbonyl (C=O) groups is 1. The lowest BCUT2D eigenvalue weighted by Crippen LogP contribution is -2.52. The molecule has 1 atom stereocenters. The van der Waals surface area contributed by atoms with Gasteiger partial charge in [0.2, 0.25) is 0 Å². The number of ether oxygens (including phenoxy) is 1. The number of nitrogens with zero attached hydrogens (tertiary/aromatic N) is 3. The number of fused-ring (bicyclic) bond motifs is 2. The fraction of sp³-hybridized carbons (Fsp3) is 0.391. The van der Waals surface area contributed by atoms with Crippen LogP contribution in [0.1, 0.15) is 19.3 Å². The minimum atomic E-state index is -0.532. The largest absolute Gasteiger partial charge is 0.477 e. The van der Waals surface area contributed by atoms with E-state index in [1.54, 1.807) is 10.6 Å². The standard InChI is InChI=1S/C23H25N3O4/c27-22(24-12-6-1-7-13-24)21-16-25(17-8-2-4-10-19(17)29-21)14-15-26-18-9-3-5-11-20(18)30-23(26)28/h2-5,8-11,21H,1,6-7,12-16H2. The lowest BCUT2D eigenvalue weighted by Gasteiger charge is -2.38. The number of benzene rings is 2. The zero-order chi connectivity index (χ0) is 20.5. The fourth-order valence-electron chi connectivity index (χ4n) is 4.41. The molecule has 0 radical (unpaired) electrons. The molecular weight excluding hydrogens is 382 g/mol. The molecule has 7 nitrogen and oxygen atoms in total. The number of carbonyl (C=O) groups excluding carboxylic acids is 1. The summed E-state index contributed by atoms with van der Waals surface area (Å²) < 4.78 is 13.1. The normalized spacial score (nSPS) is 18.9. The van der Waals surface area contributed by atoms with Crippen molar-refractivity contribution in [2.75, 3.05) is 31.1 Å². The van der Waals surface area contributed by atoms with E-state index in [2.05, 4.69) is 4.90 Å². The maximum atomic E-state index is 13.1. The molecule has 0 bridgehead atoms. The van der Waals surface area contributed by atoms with Crippen LogP contribution < -0.4 is 15.4 Å². The van der Waals surface area contributed by atoms with Gasteiger partial charge in [-0.15, -0.1) is 0 Å². The van der Waals surface area contributed by atoms with E-state index >= 15 is 0 Å². The van der Waals surface area contributed by atoms with Crippen molar-refractivity contribution in [3.05, 3.63) is 59.1 Å². The second-order valence-electron chi connectivity index (χ2n) is 7.89. The molecule has 3 aromatic rings. The summed E-state index contributed by atoms with van der Waals surface area (Å²) in [5.74, 6) is 0.405. The van der Waals surface area contributed by atoms with Crippen LogP contribution in [-0.4, -0.2) is 47.7 Å². The van der Waals surface area contributed by atoms with Crippen molar-refractivity contribution in [2.45, 2.75) is 31.9 Å². The molecule has 30 heavy (non-hydrogen) atoms. The van der Waals surface area contributed by atoms with E-state index in [4.69, 9.17) is 9.15 Å². The number of hydrogen-bond donors (Lipinski definition) is 0. The van der Waals surface area contributed by atoms with Gasteiger partial charge in [-0.2, -0.15) is 0 Å². The molecular formula is C23H25N3O4. The Morgan fingerprint density at radius 3 is 2.60 bits per heavy atom. The Balaban J connectivity index is 1.38. The van der Waals surface area contributed by atoms with E-state index in [1.165, 1.54) is 6.42 Å². The van der Waals surface area contributed by atoms with Crippen molar-refractivity contribution in [3.63, 3.8) is 0 Å². The molecule has 0 saturated carbocycles. The summed E-state index contributed by atoms with van der Waals surface area (Å²) in [5.41, 5.74) is 2.31. The number of amides is 1. The summed E-state index contributed by atoms with van der Waals surface area (Å²) in [6.07, 6.45) is 2.75. The van der Waals surface area contributed by atoms with Crippen molar-refractivity contribution in [1.29, 1.82) is 0 Å². The highest BCUT2D eigenvalue weighted by Crippen LogP contribution is 2.33. The molecule has 2 aliphatic heterocycles. The Morgan fingerprint density at radius 1 is 0.967 bits per heavy atom. The van der Waals surface area contributed by atoms with E-state index in [0.717, 1.165) is 37.1 Å². The third-order valence-corrected chi connectivity index (χ3v) is 5.97. The molecule has 2 aromatic carbocycles. The highest BCUT2D eigenvalue weighted by molar-refractivity contribution is 5.83. The maximum Gasteiger partial charge on any atom is 0.420 e. The third-order valence-electron chi connectivity index (χ3n) is 5.97. The van der Waals surface area contributed by atoms with E-state index in [1.807, 2.05) is 47.4 Å². The second-order valence-corrected chi connectivity index (χ2v) is 7.89. The first-order valence-electron chi connectivity index (χ1n) is 10.6. The number of piperidine rings is 1. The lowest BCUT2D eigenvalue weighted by atomic mass is 10.1. The molecule has 1 unspecified atom stereocenters. The van der Waals surface area contributed by atoms with Gasteiger partial charge in [-0.1, -0.05) is 24.3 Å². The minimum absolute atomic E-state index is 0.0557. The van der Waals surface area contributed by atoms with Crippen molar-refractivity contribution in [1.82, 2.24) is 9.47 Å². The van der Waals surface area contributed by atoms with Crippen LogP contribution in [0.5, 0.6) is 5.75 Å². The van der Waals surface area contributed by atoms with E-state index < -0.39 is 6.10 Å². The Morgan fingerprint density at radius 2 is 1.73 bits per heavy atom. The van der Waals surface area contributed by atoms with Gasteiger partial charge < -0.3 is 19.0 Å². The van der Waals surface area contributed by atoms with Crippen LogP contribution in [0.3, 0.4) is 0 Å².